The van der Waals surface area contributed by atoms with Crippen molar-refractivity contribution in [2.24, 2.45) is 23.5 Å². The van der Waals surface area contributed by atoms with Gasteiger partial charge in [0, 0.05) is 18.1 Å². The zero-order valence-corrected chi connectivity index (χ0v) is 11.1. The zero-order valence-electron chi connectivity index (χ0n) is 11.1. The summed E-state index contributed by atoms with van der Waals surface area (Å²) in [6.45, 7) is 5.41. The number of nitrogens with two attached hydrogens (primary N) is 1. The van der Waals surface area contributed by atoms with E-state index < -0.39 is 0 Å². The normalized spacial score (nSPS) is 53.5. The molecule has 2 aliphatic carbocycles. The monoisotopic (exact) mass is 238 g/mol. The maximum atomic E-state index is 6.10. The Kier molecular flexibility index (Phi) is 3.18. The Morgan fingerprint density at radius 1 is 1.18 bits per heavy atom. The third-order valence-electron chi connectivity index (χ3n) is 5.27. The van der Waals surface area contributed by atoms with Crippen molar-refractivity contribution in [1.29, 1.82) is 0 Å². The van der Waals surface area contributed by atoms with Gasteiger partial charge >= 0.3 is 0 Å². The predicted molar refractivity (Wildman–Crippen MR) is 68.7 cm³/mol. The second-order valence-electron chi connectivity index (χ2n) is 6.53. The fraction of sp³-hybridized carbons (Fsp3) is 1.00. The Hall–Kier alpha value is -0.120. The van der Waals surface area contributed by atoms with Crippen LogP contribution >= 0.6 is 0 Å². The van der Waals surface area contributed by atoms with E-state index in [0.717, 1.165) is 30.8 Å². The summed E-state index contributed by atoms with van der Waals surface area (Å²) >= 11 is 0. The molecule has 0 aromatic heterocycles. The maximum Gasteiger partial charge on any atom is 0.0638 e. The number of rotatable bonds is 3. The van der Waals surface area contributed by atoms with Crippen LogP contribution in [0.4, 0.5) is 0 Å². The Bertz CT molecular complexity index is 283. The molecule has 1 saturated heterocycles. The van der Waals surface area contributed by atoms with Crippen LogP contribution in [-0.2, 0) is 4.74 Å². The van der Waals surface area contributed by atoms with E-state index in [1.807, 2.05) is 0 Å². The van der Waals surface area contributed by atoms with E-state index in [4.69, 9.17) is 10.5 Å². The van der Waals surface area contributed by atoms with Gasteiger partial charge in [0.15, 0.2) is 0 Å². The summed E-state index contributed by atoms with van der Waals surface area (Å²) in [6, 6.07) is 1.21. The highest BCUT2D eigenvalue weighted by Gasteiger charge is 2.49. The summed E-state index contributed by atoms with van der Waals surface area (Å²) in [4.78, 5) is 0. The summed E-state index contributed by atoms with van der Waals surface area (Å²) in [5, 5.41) is 3.52. The Morgan fingerprint density at radius 3 is 2.65 bits per heavy atom. The highest BCUT2D eigenvalue weighted by atomic mass is 16.5. The summed E-state index contributed by atoms with van der Waals surface area (Å²) in [5.41, 5.74) is 6.10. The Labute approximate surface area is 104 Å². The summed E-state index contributed by atoms with van der Waals surface area (Å²) in [6.07, 6.45) is 5.54. The average Bonchev–Trinajstić information content (AvgIpc) is 2.82. The van der Waals surface area contributed by atoms with Crippen molar-refractivity contribution in [3.63, 3.8) is 0 Å². The SMILES string of the molecule is CC1CC(N)C(COC2CCC3C(C2)[C@@H]3C)N1. The van der Waals surface area contributed by atoms with Crippen molar-refractivity contribution in [1.82, 2.24) is 5.32 Å². The smallest absolute Gasteiger partial charge is 0.0638 e. The average molecular weight is 238 g/mol. The molecule has 1 aliphatic heterocycles. The second kappa shape index (κ2) is 4.52. The Balaban J connectivity index is 1.42. The van der Waals surface area contributed by atoms with Crippen LogP contribution < -0.4 is 11.1 Å². The van der Waals surface area contributed by atoms with Crippen LogP contribution in [0.1, 0.15) is 39.5 Å². The fourth-order valence-electron chi connectivity index (χ4n) is 4.00. The van der Waals surface area contributed by atoms with Gasteiger partial charge in [-0.25, -0.2) is 0 Å². The van der Waals surface area contributed by atoms with Gasteiger partial charge in [-0.05, 0) is 50.4 Å². The molecule has 3 fully saturated rings. The third kappa shape index (κ3) is 2.38. The van der Waals surface area contributed by atoms with Gasteiger partial charge in [0.1, 0.15) is 0 Å². The molecular formula is C14H26N2O. The molecule has 0 spiro atoms. The van der Waals surface area contributed by atoms with Crippen LogP contribution in [0.5, 0.6) is 0 Å². The standard InChI is InChI=1S/C14H26N2O/c1-8-5-13(15)14(16-8)7-17-10-3-4-11-9(2)12(11)6-10/h8-14,16H,3-7,15H2,1-2H3/t8?,9-,10?,11?,12?,13?,14?/m1/s1. The van der Waals surface area contributed by atoms with Crippen LogP contribution in [-0.4, -0.2) is 30.8 Å². The van der Waals surface area contributed by atoms with E-state index in [-0.39, 0.29) is 6.04 Å². The molecule has 0 aromatic rings. The second-order valence-corrected chi connectivity index (χ2v) is 6.53. The van der Waals surface area contributed by atoms with Crippen molar-refractivity contribution in [3.05, 3.63) is 0 Å². The lowest BCUT2D eigenvalue weighted by Crippen LogP contribution is -2.42. The van der Waals surface area contributed by atoms with E-state index >= 15 is 0 Å². The minimum absolute atomic E-state index is 0.279. The largest absolute Gasteiger partial charge is 0.377 e. The van der Waals surface area contributed by atoms with E-state index in [9.17, 15) is 0 Å². The van der Waals surface area contributed by atoms with Crippen LogP contribution in [0, 0.1) is 17.8 Å². The molecule has 0 bridgehead atoms. The number of nitrogens with one attached hydrogen (secondary N) is 1. The van der Waals surface area contributed by atoms with Gasteiger partial charge in [-0.1, -0.05) is 6.92 Å². The van der Waals surface area contributed by atoms with Crippen molar-refractivity contribution in [3.8, 4) is 0 Å². The van der Waals surface area contributed by atoms with Crippen molar-refractivity contribution >= 4 is 0 Å². The molecular weight excluding hydrogens is 212 g/mol. The lowest BCUT2D eigenvalue weighted by Gasteiger charge is -2.24. The van der Waals surface area contributed by atoms with Gasteiger partial charge < -0.3 is 15.8 Å². The molecule has 3 aliphatic rings. The fourth-order valence-corrected chi connectivity index (χ4v) is 4.00. The molecule has 98 valence electrons. The number of fused-ring (bicyclic) bond motifs is 1. The highest BCUT2D eigenvalue weighted by molar-refractivity contribution is 4.99. The molecule has 3 nitrogen and oxygen atoms in total. The molecule has 2 saturated carbocycles. The molecule has 0 radical (unpaired) electrons. The number of hydrogen-bond acceptors (Lipinski definition) is 3. The summed E-state index contributed by atoms with van der Waals surface area (Å²) in [5.74, 6) is 2.97. The first-order chi connectivity index (χ1) is 8.15. The highest BCUT2D eigenvalue weighted by Crippen LogP contribution is 2.55. The van der Waals surface area contributed by atoms with Crippen LogP contribution in [0.2, 0.25) is 0 Å². The molecule has 0 aromatic carbocycles. The lowest BCUT2D eigenvalue weighted by molar-refractivity contribution is 0.0134. The van der Waals surface area contributed by atoms with Crippen molar-refractivity contribution < 1.29 is 4.74 Å². The van der Waals surface area contributed by atoms with Gasteiger partial charge in [0.05, 0.1) is 12.7 Å². The molecule has 0 amide bonds. The molecule has 7 atom stereocenters. The number of ether oxygens (including phenoxy) is 1. The summed E-state index contributed by atoms with van der Waals surface area (Å²) < 4.78 is 6.09. The van der Waals surface area contributed by atoms with Crippen molar-refractivity contribution in [2.45, 2.75) is 63.8 Å². The first-order valence-corrected chi connectivity index (χ1v) is 7.28. The molecule has 3 heteroatoms. The minimum Gasteiger partial charge on any atom is -0.377 e. The molecule has 3 N–H and O–H groups in total. The first-order valence-electron chi connectivity index (χ1n) is 7.28. The van der Waals surface area contributed by atoms with Gasteiger partial charge in [-0.2, -0.15) is 0 Å². The topological polar surface area (TPSA) is 47.3 Å². The van der Waals surface area contributed by atoms with E-state index in [0.29, 0.717) is 18.2 Å². The third-order valence-corrected chi connectivity index (χ3v) is 5.27. The van der Waals surface area contributed by atoms with E-state index in [1.54, 1.807) is 0 Å². The lowest BCUT2D eigenvalue weighted by atomic mass is 9.98. The van der Waals surface area contributed by atoms with Crippen LogP contribution in [0.3, 0.4) is 0 Å². The quantitative estimate of drug-likeness (QED) is 0.783. The van der Waals surface area contributed by atoms with E-state index in [1.165, 1.54) is 19.3 Å². The predicted octanol–water partition coefficient (Wildman–Crippen LogP) is 1.52. The summed E-state index contributed by atoms with van der Waals surface area (Å²) in [7, 11) is 0. The van der Waals surface area contributed by atoms with Crippen LogP contribution in [0.25, 0.3) is 0 Å². The maximum absolute atomic E-state index is 6.10. The zero-order chi connectivity index (χ0) is 12.0. The molecule has 17 heavy (non-hydrogen) atoms. The Morgan fingerprint density at radius 2 is 2.00 bits per heavy atom. The van der Waals surface area contributed by atoms with E-state index in [2.05, 4.69) is 19.2 Å². The van der Waals surface area contributed by atoms with Gasteiger partial charge in [0.25, 0.3) is 0 Å². The van der Waals surface area contributed by atoms with Gasteiger partial charge in [0.2, 0.25) is 0 Å². The van der Waals surface area contributed by atoms with Gasteiger partial charge in [-0.15, -0.1) is 0 Å². The number of hydrogen-bond donors (Lipinski definition) is 2. The minimum atomic E-state index is 0.279. The van der Waals surface area contributed by atoms with Crippen LogP contribution in [0.15, 0.2) is 0 Å². The van der Waals surface area contributed by atoms with Gasteiger partial charge in [-0.3, -0.25) is 0 Å². The molecule has 6 unspecified atom stereocenters. The first kappa shape index (κ1) is 11.9. The molecule has 1 heterocycles. The van der Waals surface area contributed by atoms with Crippen molar-refractivity contribution in [2.75, 3.05) is 6.61 Å². The molecule has 3 rings (SSSR count).